The van der Waals surface area contributed by atoms with Crippen LogP contribution in [-0.4, -0.2) is 27.3 Å². The van der Waals surface area contributed by atoms with Crippen LogP contribution in [0.5, 0.6) is 5.88 Å². The molecule has 0 atom stereocenters. The van der Waals surface area contributed by atoms with Crippen molar-refractivity contribution in [1.29, 1.82) is 0 Å². The average Bonchev–Trinajstić information content (AvgIpc) is 2.95. The maximum Gasteiger partial charge on any atom is 0.258 e. The van der Waals surface area contributed by atoms with Crippen molar-refractivity contribution in [1.82, 2.24) is 14.4 Å². The number of carbonyl (C=O) groups is 1. The summed E-state index contributed by atoms with van der Waals surface area (Å²) in [5.41, 5.74) is 2.63. The predicted octanol–water partition coefficient (Wildman–Crippen LogP) is 3.91. The van der Waals surface area contributed by atoms with E-state index < -0.39 is 0 Å². The summed E-state index contributed by atoms with van der Waals surface area (Å²) >= 11 is 12.7. The molecule has 0 aliphatic carbocycles. The maximum atomic E-state index is 11.6. The highest BCUT2D eigenvalue weighted by atomic mass is 35.5. The minimum atomic E-state index is -0.129. The number of nitrogens with zero attached hydrogens (tertiary/aromatic N) is 4. The van der Waals surface area contributed by atoms with Gasteiger partial charge in [-0.25, -0.2) is 9.97 Å². The number of hydrogen-bond donors (Lipinski definition) is 0. The van der Waals surface area contributed by atoms with Crippen LogP contribution < -0.4 is 9.64 Å². The molecule has 2 heterocycles. The van der Waals surface area contributed by atoms with Crippen molar-refractivity contribution >= 4 is 40.4 Å². The molecule has 0 saturated carbocycles. The molecule has 1 aromatic carbocycles. The van der Waals surface area contributed by atoms with Crippen molar-refractivity contribution in [3.8, 4) is 5.88 Å². The van der Waals surface area contributed by atoms with E-state index in [0.717, 1.165) is 5.69 Å². The zero-order valence-corrected chi connectivity index (χ0v) is 15.5. The Morgan fingerprint density at radius 2 is 2.12 bits per heavy atom. The fraction of sp³-hybridized carbons (Fsp3) is 0.235. The van der Waals surface area contributed by atoms with Gasteiger partial charge in [0.25, 0.3) is 5.88 Å². The summed E-state index contributed by atoms with van der Waals surface area (Å²) in [5, 5.41) is 0.828. The van der Waals surface area contributed by atoms with Gasteiger partial charge >= 0.3 is 0 Å². The van der Waals surface area contributed by atoms with Gasteiger partial charge in [-0.1, -0.05) is 23.2 Å². The van der Waals surface area contributed by atoms with Gasteiger partial charge in [0.1, 0.15) is 6.61 Å². The molecule has 0 aliphatic heterocycles. The molecule has 0 unspecified atom stereocenters. The van der Waals surface area contributed by atoms with Gasteiger partial charge in [-0.2, -0.15) is 0 Å². The summed E-state index contributed by atoms with van der Waals surface area (Å²) in [6.07, 6.45) is 5.31. The molecule has 0 spiro atoms. The molecule has 0 aliphatic rings. The third kappa shape index (κ3) is 3.41. The number of fused-ring (bicyclic) bond motifs is 1. The summed E-state index contributed by atoms with van der Waals surface area (Å²) < 4.78 is 7.64. The standard InChI is InChI=1S/C17H16Cl2N4O2/c1-10-8-23-7-6-20-17(16(23)21-10)25-9-12-13(18)4-5-14(15(12)19)22(3)11(2)24/h4-8H,9H2,1-3H3. The lowest BCUT2D eigenvalue weighted by atomic mass is 10.2. The van der Waals surface area contributed by atoms with Crippen molar-refractivity contribution in [2.24, 2.45) is 0 Å². The molecule has 3 rings (SSSR count). The molecular weight excluding hydrogens is 363 g/mol. The molecule has 3 aromatic rings. The van der Waals surface area contributed by atoms with Crippen LogP contribution in [0.4, 0.5) is 5.69 Å². The molecule has 1 amide bonds. The molecule has 0 saturated heterocycles. The van der Waals surface area contributed by atoms with Crippen LogP contribution in [0.2, 0.25) is 10.0 Å². The van der Waals surface area contributed by atoms with Crippen molar-refractivity contribution < 1.29 is 9.53 Å². The monoisotopic (exact) mass is 378 g/mol. The Bertz CT molecular complexity index is 955. The Labute approximate surface area is 155 Å². The maximum absolute atomic E-state index is 11.6. The van der Waals surface area contributed by atoms with Gasteiger partial charge in [0.05, 0.1) is 16.4 Å². The molecule has 0 N–H and O–H groups in total. The van der Waals surface area contributed by atoms with Crippen LogP contribution >= 0.6 is 23.2 Å². The number of imidazole rings is 1. The van der Waals surface area contributed by atoms with Crippen LogP contribution in [-0.2, 0) is 11.4 Å². The molecular formula is C17H16Cl2N4O2. The molecule has 0 fully saturated rings. The molecule has 130 valence electrons. The van der Waals surface area contributed by atoms with Gasteiger partial charge in [0.2, 0.25) is 11.6 Å². The molecule has 8 heteroatoms. The molecule has 6 nitrogen and oxygen atoms in total. The van der Waals surface area contributed by atoms with E-state index in [1.54, 1.807) is 31.6 Å². The Hall–Kier alpha value is -2.31. The van der Waals surface area contributed by atoms with Crippen LogP contribution in [0.15, 0.2) is 30.7 Å². The number of halogens is 2. The quantitative estimate of drug-likeness (QED) is 0.690. The highest BCUT2D eigenvalue weighted by Crippen LogP contribution is 2.34. The zero-order chi connectivity index (χ0) is 18.1. The van der Waals surface area contributed by atoms with Gasteiger partial charge in [0, 0.05) is 43.1 Å². The van der Waals surface area contributed by atoms with Crippen molar-refractivity contribution in [2.45, 2.75) is 20.5 Å². The SMILES string of the molecule is CC(=O)N(C)c1ccc(Cl)c(COc2nccn3cc(C)nc23)c1Cl. The summed E-state index contributed by atoms with van der Waals surface area (Å²) in [6.45, 7) is 3.47. The smallest absolute Gasteiger partial charge is 0.258 e. The van der Waals surface area contributed by atoms with Crippen LogP contribution in [0, 0.1) is 6.92 Å². The van der Waals surface area contributed by atoms with Crippen molar-refractivity contribution in [2.75, 3.05) is 11.9 Å². The third-order valence-corrected chi connectivity index (χ3v) is 4.59. The number of anilines is 1. The second-order valence-corrected chi connectivity index (χ2v) is 6.36. The fourth-order valence-electron chi connectivity index (χ4n) is 2.41. The topological polar surface area (TPSA) is 59.7 Å². The molecule has 0 bridgehead atoms. The Kier molecular flexibility index (Phi) is 4.83. The van der Waals surface area contributed by atoms with Gasteiger partial charge < -0.3 is 14.0 Å². The first-order valence-electron chi connectivity index (χ1n) is 7.52. The number of aryl methyl sites for hydroxylation is 1. The van der Waals surface area contributed by atoms with Gasteiger partial charge in [-0.05, 0) is 19.1 Å². The van der Waals surface area contributed by atoms with Crippen LogP contribution in [0.3, 0.4) is 0 Å². The summed E-state index contributed by atoms with van der Waals surface area (Å²) in [5.74, 6) is 0.253. The van der Waals surface area contributed by atoms with E-state index >= 15 is 0 Å². The summed E-state index contributed by atoms with van der Waals surface area (Å²) in [7, 11) is 1.65. The highest BCUT2D eigenvalue weighted by Gasteiger charge is 2.17. The average molecular weight is 379 g/mol. The van der Waals surface area contributed by atoms with E-state index in [1.165, 1.54) is 11.8 Å². The second-order valence-electron chi connectivity index (χ2n) is 5.57. The first kappa shape index (κ1) is 17.5. The Morgan fingerprint density at radius 1 is 1.36 bits per heavy atom. The number of carbonyl (C=O) groups excluding carboxylic acids is 1. The Morgan fingerprint density at radius 3 is 2.84 bits per heavy atom. The fourth-order valence-corrected chi connectivity index (χ4v) is 3.01. The van der Waals surface area contributed by atoms with E-state index in [-0.39, 0.29) is 12.5 Å². The number of benzene rings is 1. The van der Waals surface area contributed by atoms with E-state index in [4.69, 9.17) is 27.9 Å². The molecule has 0 radical (unpaired) electrons. The number of hydrogen-bond acceptors (Lipinski definition) is 4. The first-order chi connectivity index (χ1) is 11.9. The predicted molar refractivity (Wildman–Crippen MR) is 97.6 cm³/mol. The van der Waals surface area contributed by atoms with E-state index in [1.807, 2.05) is 17.5 Å². The minimum absolute atomic E-state index is 0.107. The number of rotatable bonds is 4. The van der Waals surface area contributed by atoms with Crippen LogP contribution in [0.1, 0.15) is 18.2 Å². The van der Waals surface area contributed by atoms with E-state index in [9.17, 15) is 4.79 Å². The molecule has 2 aromatic heterocycles. The third-order valence-electron chi connectivity index (χ3n) is 3.82. The lowest BCUT2D eigenvalue weighted by Gasteiger charge is -2.19. The number of ether oxygens (including phenoxy) is 1. The van der Waals surface area contributed by atoms with Gasteiger partial charge in [-0.3, -0.25) is 4.79 Å². The summed E-state index contributed by atoms with van der Waals surface area (Å²) in [6, 6.07) is 3.39. The van der Waals surface area contributed by atoms with Crippen molar-refractivity contribution in [3.05, 3.63) is 52.0 Å². The number of amides is 1. The zero-order valence-electron chi connectivity index (χ0n) is 14.0. The number of aromatic nitrogens is 3. The van der Waals surface area contributed by atoms with E-state index in [0.29, 0.717) is 32.8 Å². The van der Waals surface area contributed by atoms with E-state index in [2.05, 4.69) is 9.97 Å². The minimum Gasteiger partial charge on any atom is -0.470 e. The van der Waals surface area contributed by atoms with Crippen molar-refractivity contribution in [3.63, 3.8) is 0 Å². The highest BCUT2D eigenvalue weighted by molar-refractivity contribution is 6.38. The summed E-state index contributed by atoms with van der Waals surface area (Å²) in [4.78, 5) is 21.7. The normalized spacial score (nSPS) is 10.9. The second kappa shape index (κ2) is 6.90. The molecule has 25 heavy (non-hydrogen) atoms. The lowest BCUT2D eigenvalue weighted by Crippen LogP contribution is -2.23. The lowest BCUT2D eigenvalue weighted by molar-refractivity contribution is -0.116. The van der Waals surface area contributed by atoms with Crippen LogP contribution in [0.25, 0.3) is 5.65 Å². The van der Waals surface area contributed by atoms with Gasteiger partial charge in [-0.15, -0.1) is 0 Å². The Balaban J connectivity index is 1.92. The van der Waals surface area contributed by atoms with Gasteiger partial charge in [0.15, 0.2) is 0 Å². The largest absolute Gasteiger partial charge is 0.470 e. The first-order valence-corrected chi connectivity index (χ1v) is 8.28.